The molecular weight excluding hydrogens is 284 g/mol. The lowest BCUT2D eigenvalue weighted by molar-refractivity contribution is 0.481. The molecule has 3 aromatic carbocycles. The molecule has 1 N–H and O–H groups in total. The molecule has 0 radical (unpaired) electrons. The summed E-state index contributed by atoms with van der Waals surface area (Å²) in [6.45, 7) is 1.91. The fraction of sp³-hybridized carbons (Fsp3) is 0.0588. The number of aromatic hydroxyl groups is 1. The third-order valence-corrected chi connectivity index (χ3v) is 5.31. The van der Waals surface area contributed by atoms with Gasteiger partial charge in [-0.1, -0.05) is 42.0 Å². The Morgan fingerprint density at radius 3 is 2.10 bits per heavy atom. The van der Waals surface area contributed by atoms with Gasteiger partial charge >= 0.3 is 0 Å². The zero-order valence-electron chi connectivity index (χ0n) is 11.4. The number of hydrogen-bond acceptors (Lipinski definition) is 3. The number of hydrogen-bond donors (Lipinski definition) is 1. The topological polar surface area (TPSA) is 54.4 Å². The first-order chi connectivity index (χ1) is 10.00. The number of sulfone groups is 1. The van der Waals surface area contributed by atoms with Crippen LogP contribution in [0.4, 0.5) is 0 Å². The van der Waals surface area contributed by atoms with Crippen molar-refractivity contribution in [1.82, 2.24) is 0 Å². The van der Waals surface area contributed by atoms with Crippen LogP contribution in [-0.4, -0.2) is 13.5 Å². The van der Waals surface area contributed by atoms with Crippen LogP contribution in [0.5, 0.6) is 5.75 Å². The Morgan fingerprint density at radius 1 is 0.810 bits per heavy atom. The summed E-state index contributed by atoms with van der Waals surface area (Å²) in [7, 11) is -3.61. The van der Waals surface area contributed by atoms with E-state index in [2.05, 4.69) is 0 Å². The lowest BCUT2D eigenvalue weighted by Gasteiger charge is -2.09. The van der Waals surface area contributed by atoms with Gasteiger partial charge < -0.3 is 5.11 Å². The molecule has 3 nitrogen and oxygen atoms in total. The number of fused-ring (bicyclic) bond motifs is 1. The third-order valence-electron chi connectivity index (χ3n) is 3.48. The standard InChI is InChI=1S/C17H14O3S/c1-12-6-8-13(9-7-12)21(19,20)17-11-10-16(18)14-4-2-3-5-15(14)17/h2-11,18H,1H3. The van der Waals surface area contributed by atoms with Crippen molar-refractivity contribution in [2.45, 2.75) is 16.7 Å². The van der Waals surface area contributed by atoms with Crippen molar-refractivity contribution in [3.8, 4) is 5.75 Å². The van der Waals surface area contributed by atoms with E-state index in [1.165, 1.54) is 12.1 Å². The molecule has 0 atom stereocenters. The molecule has 0 aromatic heterocycles. The van der Waals surface area contributed by atoms with Gasteiger partial charge in [0, 0.05) is 10.8 Å². The molecule has 0 saturated carbocycles. The van der Waals surface area contributed by atoms with Gasteiger partial charge in [-0.25, -0.2) is 8.42 Å². The first-order valence-corrected chi connectivity index (χ1v) is 8.01. The van der Waals surface area contributed by atoms with E-state index >= 15 is 0 Å². The van der Waals surface area contributed by atoms with E-state index in [-0.39, 0.29) is 15.5 Å². The molecule has 21 heavy (non-hydrogen) atoms. The highest BCUT2D eigenvalue weighted by molar-refractivity contribution is 7.91. The molecule has 0 saturated heterocycles. The summed E-state index contributed by atoms with van der Waals surface area (Å²) in [5.74, 6) is 0.0773. The van der Waals surface area contributed by atoms with Crippen LogP contribution in [0.25, 0.3) is 10.8 Å². The normalized spacial score (nSPS) is 11.7. The number of phenolic OH excluding ortho intramolecular Hbond substituents is 1. The molecule has 0 heterocycles. The van der Waals surface area contributed by atoms with E-state index in [1.54, 1.807) is 48.5 Å². The maximum Gasteiger partial charge on any atom is 0.207 e. The highest BCUT2D eigenvalue weighted by atomic mass is 32.2. The predicted molar refractivity (Wildman–Crippen MR) is 82.2 cm³/mol. The second-order valence-corrected chi connectivity index (χ2v) is 6.86. The molecule has 0 unspecified atom stereocenters. The first-order valence-electron chi connectivity index (χ1n) is 6.52. The molecule has 0 fully saturated rings. The Bertz CT molecular complexity index is 910. The smallest absolute Gasteiger partial charge is 0.207 e. The maximum atomic E-state index is 12.8. The number of aryl methyl sites for hydroxylation is 1. The van der Waals surface area contributed by atoms with Crippen LogP contribution in [0.2, 0.25) is 0 Å². The molecule has 3 aromatic rings. The van der Waals surface area contributed by atoms with Gasteiger partial charge in [0.2, 0.25) is 9.84 Å². The molecular formula is C17H14O3S. The lowest BCUT2D eigenvalue weighted by Crippen LogP contribution is -2.02. The summed E-state index contributed by atoms with van der Waals surface area (Å²) < 4.78 is 25.6. The summed E-state index contributed by atoms with van der Waals surface area (Å²) in [6.07, 6.45) is 0. The molecule has 3 rings (SSSR count). The van der Waals surface area contributed by atoms with Gasteiger partial charge in [-0.05, 0) is 31.2 Å². The Balaban J connectivity index is 2.29. The van der Waals surface area contributed by atoms with Crippen LogP contribution in [0.15, 0.2) is 70.5 Å². The maximum absolute atomic E-state index is 12.8. The average Bonchev–Trinajstić information content (AvgIpc) is 2.48. The van der Waals surface area contributed by atoms with Crippen molar-refractivity contribution in [1.29, 1.82) is 0 Å². The molecule has 0 aliphatic heterocycles. The zero-order chi connectivity index (χ0) is 15.0. The Kier molecular flexibility index (Phi) is 3.18. The fourth-order valence-corrected chi connectivity index (χ4v) is 3.80. The van der Waals surface area contributed by atoms with E-state index in [0.717, 1.165) is 5.56 Å². The van der Waals surface area contributed by atoms with Gasteiger partial charge in [0.1, 0.15) is 5.75 Å². The minimum atomic E-state index is -3.61. The molecule has 0 spiro atoms. The second-order valence-electron chi connectivity index (χ2n) is 4.94. The van der Waals surface area contributed by atoms with E-state index in [1.807, 2.05) is 6.92 Å². The number of phenols is 1. The molecule has 0 aliphatic carbocycles. The molecule has 0 aliphatic rings. The van der Waals surface area contributed by atoms with Crippen molar-refractivity contribution in [2.75, 3.05) is 0 Å². The second kappa shape index (κ2) is 4.90. The Morgan fingerprint density at radius 2 is 1.43 bits per heavy atom. The SMILES string of the molecule is Cc1ccc(S(=O)(=O)c2ccc(O)c3ccccc23)cc1. The van der Waals surface area contributed by atoms with Crippen LogP contribution < -0.4 is 0 Å². The summed E-state index contributed by atoms with van der Waals surface area (Å²) in [5, 5.41) is 10.9. The van der Waals surface area contributed by atoms with Crippen LogP contribution in [-0.2, 0) is 9.84 Å². The minimum Gasteiger partial charge on any atom is -0.507 e. The van der Waals surface area contributed by atoms with Gasteiger partial charge in [-0.2, -0.15) is 0 Å². The van der Waals surface area contributed by atoms with E-state index < -0.39 is 9.84 Å². The molecule has 4 heteroatoms. The van der Waals surface area contributed by atoms with Gasteiger partial charge in [-0.3, -0.25) is 0 Å². The highest BCUT2D eigenvalue weighted by Gasteiger charge is 2.20. The zero-order valence-corrected chi connectivity index (χ0v) is 12.3. The monoisotopic (exact) mass is 298 g/mol. The van der Waals surface area contributed by atoms with Gasteiger partial charge in [-0.15, -0.1) is 0 Å². The fourth-order valence-electron chi connectivity index (χ4n) is 2.33. The molecule has 0 bridgehead atoms. The largest absolute Gasteiger partial charge is 0.507 e. The Hall–Kier alpha value is -2.33. The quantitative estimate of drug-likeness (QED) is 0.785. The van der Waals surface area contributed by atoms with Crippen molar-refractivity contribution in [3.05, 3.63) is 66.2 Å². The van der Waals surface area contributed by atoms with Crippen molar-refractivity contribution >= 4 is 20.6 Å². The van der Waals surface area contributed by atoms with Crippen LogP contribution in [0.3, 0.4) is 0 Å². The summed E-state index contributed by atoms with van der Waals surface area (Å²) >= 11 is 0. The lowest BCUT2D eigenvalue weighted by atomic mass is 10.1. The summed E-state index contributed by atoms with van der Waals surface area (Å²) in [4.78, 5) is 0.462. The van der Waals surface area contributed by atoms with E-state index in [9.17, 15) is 13.5 Å². The van der Waals surface area contributed by atoms with Gasteiger partial charge in [0.15, 0.2) is 0 Å². The molecule has 106 valence electrons. The van der Waals surface area contributed by atoms with Gasteiger partial charge in [0.05, 0.1) is 9.79 Å². The van der Waals surface area contributed by atoms with Crippen molar-refractivity contribution in [2.24, 2.45) is 0 Å². The highest BCUT2D eigenvalue weighted by Crippen LogP contribution is 2.33. The van der Waals surface area contributed by atoms with Gasteiger partial charge in [0.25, 0.3) is 0 Å². The summed E-state index contributed by atoms with van der Waals surface area (Å²) in [5.41, 5.74) is 1.00. The van der Waals surface area contributed by atoms with Crippen molar-refractivity contribution in [3.63, 3.8) is 0 Å². The van der Waals surface area contributed by atoms with Crippen LogP contribution in [0, 0.1) is 6.92 Å². The van der Waals surface area contributed by atoms with Crippen LogP contribution in [0.1, 0.15) is 5.56 Å². The summed E-state index contributed by atoms with van der Waals surface area (Å²) in [6, 6.07) is 16.6. The molecule has 0 amide bonds. The van der Waals surface area contributed by atoms with E-state index in [0.29, 0.717) is 10.8 Å². The van der Waals surface area contributed by atoms with Crippen molar-refractivity contribution < 1.29 is 13.5 Å². The predicted octanol–water partition coefficient (Wildman–Crippen LogP) is 3.69. The first kappa shape index (κ1) is 13.6. The number of rotatable bonds is 2. The minimum absolute atomic E-state index is 0.0773. The Labute approximate surface area is 123 Å². The third kappa shape index (κ3) is 2.28. The number of benzene rings is 3. The van der Waals surface area contributed by atoms with Crippen LogP contribution >= 0.6 is 0 Å². The van der Waals surface area contributed by atoms with E-state index in [4.69, 9.17) is 0 Å². The average molecular weight is 298 g/mol.